The Kier molecular flexibility index (Phi) is 11.3. The molecular weight excluding hydrogens is 256 g/mol. The molecule has 0 aromatic rings. The lowest BCUT2D eigenvalue weighted by Gasteiger charge is -2.32. The molecule has 2 heteroatoms. The molecule has 0 spiro atoms. The maximum absolute atomic E-state index is 5.80. The zero-order valence-corrected chi connectivity index (χ0v) is 14.7. The maximum Gasteiger partial charge on any atom is 0.0238 e. The fourth-order valence-corrected chi connectivity index (χ4v) is 3.82. The lowest BCUT2D eigenvalue weighted by molar-refractivity contribution is 0.220. The fraction of sp³-hybridized carbons (Fsp3) is 1.00. The quantitative estimate of drug-likeness (QED) is 0.281. The van der Waals surface area contributed by atoms with Crippen LogP contribution in [-0.2, 0) is 0 Å². The zero-order chi connectivity index (χ0) is 15.3. The molecule has 2 nitrogen and oxygen atoms in total. The van der Waals surface area contributed by atoms with Crippen LogP contribution in [0.2, 0.25) is 0 Å². The predicted octanol–water partition coefficient (Wildman–Crippen LogP) is 5.57. The summed E-state index contributed by atoms with van der Waals surface area (Å²) >= 11 is 0. The maximum atomic E-state index is 5.80. The minimum Gasteiger partial charge on any atom is -0.271 e. The van der Waals surface area contributed by atoms with E-state index in [4.69, 9.17) is 5.84 Å². The molecule has 1 saturated carbocycles. The molecule has 3 N–H and O–H groups in total. The average Bonchev–Trinajstić information content (AvgIpc) is 2.51. The number of unbranched alkanes of at least 4 members (excludes halogenated alkanes) is 8. The van der Waals surface area contributed by atoms with Gasteiger partial charge in [0, 0.05) is 6.04 Å². The van der Waals surface area contributed by atoms with E-state index >= 15 is 0 Å². The standard InChI is InChI=1S/C19H40N2/c1-3-4-5-6-7-8-9-10-11-12-19(21-20)18-15-13-17(2)14-16-18/h17-19,21H,3-16,20H2,1-2H3. The zero-order valence-electron chi connectivity index (χ0n) is 14.7. The number of hydrogen-bond donors (Lipinski definition) is 2. The molecule has 1 atom stereocenters. The Bertz CT molecular complexity index is 222. The third-order valence-corrected chi connectivity index (χ3v) is 5.46. The largest absolute Gasteiger partial charge is 0.271 e. The van der Waals surface area contributed by atoms with Crippen LogP contribution in [0.1, 0.15) is 104 Å². The van der Waals surface area contributed by atoms with E-state index in [-0.39, 0.29) is 0 Å². The van der Waals surface area contributed by atoms with Crippen LogP contribution in [0, 0.1) is 11.8 Å². The van der Waals surface area contributed by atoms with Crippen LogP contribution in [0.3, 0.4) is 0 Å². The topological polar surface area (TPSA) is 38.0 Å². The van der Waals surface area contributed by atoms with Crippen LogP contribution in [-0.4, -0.2) is 6.04 Å². The van der Waals surface area contributed by atoms with Gasteiger partial charge in [-0.15, -0.1) is 0 Å². The Morgan fingerprint density at radius 1 is 0.857 bits per heavy atom. The molecule has 1 fully saturated rings. The first-order chi connectivity index (χ1) is 10.3. The molecule has 126 valence electrons. The summed E-state index contributed by atoms with van der Waals surface area (Å²) in [7, 11) is 0. The van der Waals surface area contributed by atoms with Gasteiger partial charge in [0.1, 0.15) is 0 Å². The number of hydrogen-bond acceptors (Lipinski definition) is 2. The second kappa shape index (κ2) is 12.5. The molecule has 1 aliphatic carbocycles. The van der Waals surface area contributed by atoms with E-state index in [9.17, 15) is 0 Å². The smallest absolute Gasteiger partial charge is 0.0238 e. The van der Waals surface area contributed by atoms with E-state index in [1.54, 1.807) is 0 Å². The van der Waals surface area contributed by atoms with Crippen molar-refractivity contribution in [2.24, 2.45) is 17.7 Å². The number of nitrogens with two attached hydrogens (primary N) is 1. The van der Waals surface area contributed by atoms with Crippen LogP contribution in [0.4, 0.5) is 0 Å². The molecule has 0 bridgehead atoms. The van der Waals surface area contributed by atoms with Crippen molar-refractivity contribution in [2.45, 2.75) is 110 Å². The molecule has 1 unspecified atom stereocenters. The minimum absolute atomic E-state index is 0.571. The van der Waals surface area contributed by atoms with Crippen LogP contribution in [0.25, 0.3) is 0 Å². The summed E-state index contributed by atoms with van der Waals surface area (Å²) in [6, 6.07) is 0.571. The van der Waals surface area contributed by atoms with Gasteiger partial charge in [-0.2, -0.15) is 0 Å². The van der Waals surface area contributed by atoms with Gasteiger partial charge in [-0.25, -0.2) is 0 Å². The second-order valence-electron chi connectivity index (χ2n) is 7.41. The first-order valence-electron chi connectivity index (χ1n) is 9.74. The summed E-state index contributed by atoms with van der Waals surface area (Å²) in [5.41, 5.74) is 3.11. The Labute approximate surface area is 133 Å². The normalized spacial score (nSPS) is 24.1. The van der Waals surface area contributed by atoms with E-state index in [1.807, 2.05) is 0 Å². The molecule has 21 heavy (non-hydrogen) atoms. The molecule has 0 aromatic heterocycles. The third kappa shape index (κ3) is 8.83. The van der Waals surface area contributed by atoms with Gasteiger partial charge < -0.3 is 0 Å². The third-order valence-electron chi connectivity index (χ3n) is 5.46. The van der Waals surface area contributed by atoms with Gasteiger partial charge in [-0.05, 0) is 31.1 Å². The monoisotopic (exact) mass is 296 g/mol. The highest BCUT2D eigenvalue weighted by Gasteiger charge is 2.24. The fourth-order valence-electron chi connectivity index (χ4n) is 3.82. The van der Waals surface area contributed by atoms with Crippen molar-refractivity contribution in [1.82, 2.24) is 5.43 Å². The first kappa shape index (κ1) is 19.0. The summed E-state index contributed by atoms with van der Waals surface area (Å²) in [5.74, 6) is 7.57. The number of nitrogens with one attached hydrogen (secondary N) is 1. The van der Waals surface area contributed by atoms with E-state index in [0.717, 1.165) is 11.8 Å². The van der Waals surface area contributed by atoms with Crippen molar-refractivity contribution in [3.05, 3.63) is 0 Å². The second-order valence-corrected chi connectivity index (χ2v) is 7.41. The summed E-state index contributed by atoms with van der Waals surface area (Å²) < 4.78 is 0. The molecule has 0 aromatic carbocycles. The van der Waals surface area contributed by atoms with Crippen molar-refractivity contribution in [3.8, 4) is 0 Å². The van der Waals surface area contributed by atoms with Gasteiger partial charge in [-0.1, -0.05) is 84.5 Å². The van der Waals surface area contributed by atoms with Crippen LogP contribution < -0.4 is 11.3 Å². The van der Waals surface area contributed by atoms with E-state index in [0.29, 0.717) is 6.04 Å². The predicted molar refractivity (Wildman–Crippen MR) is 94.1 cm³/mol. The summed E-state index contributed by atoms with van der Waals surface area (Å²) in [5, 5.41) is 0. The number of hydrazine groups is 1. The van der Waals surface area contributed by atoms with E-state index in [2.05, 4.69) is 19.3 Å². The SMILES string of the molecule is CCCCCCCCCCCC(NN)C1CCC(C)CC1. The number of rotatable bonds is 12. The average molecular weight is 297 g/mol. The Morgan fingerprint density at radius 2 is 1.38 bits per heavy atom. The molecule has 0 radical (unpaired) electrons. The molecular formula is C19H40N2. The van der Waals surface area contributed by atoms with Crippen molar-refractivity contribution < 1.29 is 0 Å². The highest BCUT2D eigenvalue weighted by molar-refractivity contribution is 4.79. The van der Waals surface area contributed by atoms with Crippen LogP contribution in [0.5, 0.6) is 0 Å². The Balaban J connectivity index is 1.97. The van der Waals surface area contributed by atoms with E-state index in [1.165, 1.54) is 89.9 Å². The highest BCUT2D eigenvalue weighted by Crippen LogP contribution is 2.31. The molecule has 0 aliphatic heterocycles. The lowest BCUT2D eigenvalue weighted by atomic mass is 9.78. The Morgan fingerprint density at radius 3 is 1.90 bits per heavy atom. The van der Waals surface area contributed by atoms with Crippen molar-refractivity contribution in [3.63, 3.8) is 0 Å². The van der Waals surface area contributed by atoms with Gasteiger partial charge in [0.05, 0.1) is 0 Å². The lowest BCUT2D eigenvalue weighted by Crippen LogP contribution is -2.42. The van der Waals surface area contributed by atoms with Gasteiger partial charge in [0.15, 0.2) is 0 Å². The Hall–Kier alpha value is -0.0800. The summed E-state index contributed by atoms with van der Waals surface area (Å²) in [6.07, 6.45) is 19.6. The summed E-state index contributed by atoms with van der Waals surface area (Å²) in [6.45, 7) is 4.68. The molecule has 1 aliphatic rings. The van der Waals surface area contributed by atoms with Gasteiger partial charge in [0.2, 0.25) is 0 Å². The van der Waals surface area contributed by atoms with Crippen molar-refractivity contribution >= 4 is 0 Å². The van der Waals surface area contributed by atoms with Crippen molar-refractivity contribution in [2.75, 3.05) is 0 Å². The van der Waals surface area contributed by atoms with Crippen LogP contribution >= 0.6 is 0 Å². The highest BCUT2D eigenvalue weighted by atomic mass is 15.2. The minimum atomic E-state index is 0.571. The summed E-state index contributed by atoms with van der Waals surface area (Å²) in [4.78, 5) is 0. The van der Waals surface area contributed by atoms with Gasteiger partial charge in [0.25, 0.3) is 0 Å². The van der Waals surface area contributed by atoms with Crippen LogP contribution in [0.15, 0.2) is 0 Å². The van der Waals surface area contributed by atoms with Gasteiger partial charge >= 0.3 is 0 Å². The van der Waals surface area contributed by atoms with E-state index < -0.39 is 0 Å². The van der Waals surface area contributed by atoms with Gasteiger partial charge in [-0.3, -0.25) is 11.3 Å². The first-order valence-corrected chi connectivity index (χ1v) is 9.74. The molecule has 0 heterocycles. The molecule has 1 rings (SSSR count). The molecule has 0 saturated heterocycles. The van der Waals surface area contributed by atoms with Crippen molar-refractivity contribution in [1.29, 1.82) is 0 Å². The molecule has 0 amide bonds.